The number of aryl methyl sites for hydroxylation is 1. The first-order valence-electron chi connectivity index (χ1n) is 5.66. The summed E-state index contributed by atoms with van der Waals surface area (Å²) in [5, 5.41) is 19.4. The largest absolute Gasteiger partial charge is 0.487 e. The zero-order chi connectivity index (χ0) is 13.5. The van der Waals surface area contributed by atoms with Gasteiger partial charge in [-0.3, -0.25) is 14.9 Å². The number of benzene rings is 1. The van der Waals surface area contributed by atoms with E-state index in [2.05, 4.69) is 0 Å². The summed E-state index contributed by atoms with van der Waals surface area (Å²) in [4.78, 5) is 20.8. The van der Waals surface area contributed by atoms with Crippen LogP contribution in [-0.2, 0) is 11.2 Å². The molecule has 0 fully saturated rings. The molecule has 0 saturated carbocycles. The van der Waals surface area contributed by atoms with Gasteiger partial charge in [-0.1, -0.05) is 13.0 Å². The molecule has 98 valence electrons. The van der Waals surface area contributed by atoms with Crippen molar-refractivity contribution in [2.45, 2.75) is 26.2 Å². The van der Waals surface area contributed by atoms with Crippen LogP contribution in [0.4, 0.5) is 5.69 Å². The molecule has 0 radical (unpaired) electrons. The van der Waals surface area contributed by atoms with E-state index in [4.69, 9.17) is 9.84 Å². The maximum absolute atomic E-state index is 10.9. The molecular formula is C12H15NO5. The molecule has 1 rings (SSSR count). The first kappa shape index (κ1) is 14.0. The van der Waals surface area contributed by atoms with Crippen molar-refractivity contribution >= 4 is 11.7 Å². The molecule has 0 spiro atoms. The summed E-state index contributed by atoms with van der Waals surface area (Å²) in [5.74, 6) is -0.704. The van der Waals surface area contributed by atoms with E-state index in [1.807, 2.05) is 6.92 Å². The number of nitro benzene ring substituents is 1. The number of carboxylic acid groups (broad SMARTS) is 1. The van der Waals surface area contributed by atoms with Crippen molar-refractivity contribution in [2.24, 2.45) is 0 Å². The minimum absolute atomic E-state index is 0.0493. The summed E-state index contributed by atoms with van der Waals surface area (Å²) in [7, 11) is 0. The zero-order valence-electron chi connectivity index (χ0n) is 10.1. The van der Waals surface area contributed by atoms with Crippen LogP contribution in [0.15, 0.2) is 18.2 Å². The Morgan fingerprint density at radius 3 is 2.78 bits per heavy atom. The Hall–Kier alpha value is -2.11. The third-order valence-corrected chi connectivity index (χ3v) is 2.31. The highest BCUT2D eigenvalue weighted by molar-refractivity contribution is 5.67. The molecule has 0 amide bonds. The van der Waals surface area contributed by atoms with E-state index in [1.165, 1.54) is 12.1 Å². The Morgan fingerprint density at radius 1 is 1.50 bits per heavy atom. The van der Waals surface area contributed by atoms with E-state index in [-0.39, 0.29) is 24.3 Å². The Bertz CT molecular complexity index is 444. The van der Waals surface area contributed by atoms with Crippen LogP contribution in [0.1, 0.15) is 25.3 Å². The van der Waals surface area contributed by atoms with Crippen LogP contribution in [0, 0.1) is 10.1 Å². The standard InChI is InChI=1S/C12H15NO5/c1-2-7-18-11-5-3-9(4-6-12(14)15)8-10(11)13(16)17/h3,5,8H,2,4,6-7H2,1H3,(H,14,15). The van der Waals surface area contributed by atoms with Gasteiger partial charge in [0.25, 0.3) is 0 Å². The molecule has 0 aromatic heterocycles. The van der Waals surface area contributed by atoms with E-state index in [0.29, 0.717) is 12.2 Å². The smallest absolute Gasteiger partial charge is 0.311 e. The maximum Gasteiger partial charge on any atom is 0.311 e. The van der Waals surface area contributed by atoms with Crippen LogP contribution in [-0.4, -0.2) is 22.6 Å². The highest BCUT2D eigenvalue weighted by Crippen LogP contribution is 2.28. The molecule has 0 unspecified atom stereocenters. The summed E-state index contributed by atoms with van der Waals surface area (Å²) < 4.78 is 5.27. The summed E-state index contributed by atoms with van der Waals surface area (Å²) in [6, 6.07) is 4.54. The van der Waals surface area contributed by atoms with E-state index < -0.39 is 10.9 Å². The first-order valence-corrected chi connectivity index (χ1v) is 5.66. The Kier molecular flexibility index (Phi) is 5.10. The second-order valence-electron chi connectivity index (χ2n) is 3.80. The van der Waals surface area contributed by atoms with Gasteiger partial charge in [-0.2, -0.15) is 0 Å². The fourth-order valence-corrected chi connectivity index (χ4v) is 1.45. The summed E-state index contributed by atoms with van der Waals surface area (Å²) >= 11 is 0. The third-order valence-electron chi connectivity index (χ3n) is 2.31. The van der Waals surface area contributed by atoms with Gasteiger partial charge in [-0.05, 0) is 24.5 Å². The van der Waals surface area contributed by atoms with Gasteiger partial charge in [0.15, 0.2) is 5.75 Å². The van der Waals surface area contributed by atoms with Crippen LogP contribution >= 0.6 is 0 Å². The molecule has 6 nitrogen and oxygen atoms in total. The Labute approximate surface area is 104 Å². The van der Waals surface area contributed by atoms with Gasteiger partial charge in [-0.25, -0.2) is 0 Å². The lowest BCUT2D eigenvalue weighted by Crippen LogP contribution is -2.01. The fraction of sp³-hybridized carbons (Fsp3) is 0.417. The number of hydrogen-bond donors (Lipinski definition) is 1. The van der Waals surface area contributed by atoms with Crippen molar-refractivity contribution in [3.05, 3.63) is 33.9 Å². The van der Waals surface area contributed by atoms with Gasteiger partial charge < -0.3 is 9.84 Å². The monoisotopic (exact) mass is 253 g/mol. The number of aliphatic carboxylic acids is 1. The molecule has 1 aromatic rings. The molecule has 0 saturated heterocycles. The molecule has 0 aliphatic carbocycles. The van der Waals surface area contributed by atoms with Gasteiger partial charge >= 0.3 is 11.7 Å². The van der Waals surface area contributed by atoms with Gasteiger partial charge in [0.2, 0.25) is 0 Å². The van der Waals surface area contributed by atoms with Gasteiger partial charge in [0.05, 0.1) is 11.5 Å². The number of carbonyl (C=O) groups is 1. The summed E-state index contributed by atoms with van der Waals surface area (Å²) in [6.07, 6.45) is 0.981. The summed E-state index contributed by atoms with van der Waals surface area (Å²) in [6.45, 7) is 2.32. The number of nitrogens with zero attached hydrogens (tertiary/aromatic N) is 1. The second kappa shape index (κ2) is 6.58. The predicted octanol–water partition coefficient (Wildman–Crippen LogP) is 2.40. The highest BCUT2D eigenvalue weighted by atomic mass is 16.6. The van der Waals surface area contributed by atoms with Crippen molar-refractivity contribution in [2.75, 3.05) is 6.61 Å². The molecular weight excluding hydrogens is 238 g/mol. The number of hydrogen-bond acceptors (Lipinski definition) is 4. The molecule has 1 N–H and O–H groups in total. The predicted molar refractivity (Wildman–Crippen MR) is 64.8 cm³/mol. The zero-order valence-corrected chi connectivity index (χ0v) is 10.1. The number of rotatable bonds is 7. The van der Waals surface area contributed by atoms with E-state index >= 15 is 0 Å². The minimum atomic E-state index is -0.927. The summed E-state index contributed by atoms with van der Waals surface area (Å²) in [5.41, 5.74) is 0.499. The van der Waals surface area contributed by atoms with E-state index in [1.54, 1.807) is 6.07 Å². The molecule has 1 aromatic carbocycles. The molecule has 18 heavy (non-hydrogen) atoms. The third kappa shape index (κ3) is 4.04. The van der Waals surface area contributed by atoms with Crippen molar-refractivity contribution in [3.63, 3.8) is 0 Å². The number of nitro groups is 1. The molecule has 0 heterocycles. The van der Waals surface area contributed by atoms with Crippen LogP contribution in [0.3, 0.4) is 0 Å². The van der Waals surface area contributed by atoms with Gasteiger partial charge in [-0.15, -0.1) is 0 Å². The second-order valence-corrected chi connectivity index (χ2v) is 3.80. The topological polar surface area (TPSA) is 89.7 Å². The lowest BCUT2D eigenvalue weighted by Gasteiger charge is -2.06. The van der Waals surface area contributed by atoms with Crippen molar-refractivity contribution in [3.8, 4) is 5.75 Å². The molecule has 0 aliphatic heterocycles. The van der Waals surface area contributed by atoms with Crippen molar-refractivity contribution < 1.29 is 19.6 Å². The lowest BCUT2D eigenvalue weighted by atomic mass is 10.1. The van der Waals surface area contributed by atoms with Gasteiger partial charge in [0.1, 0.15) is 0 Å². The minimum Gasteiger partial charge on any atom is -0.487 e. The van der Waals surface area contributed by atoms with Crippen LogP contribution in [0.5, 0.6) is 5.75 Å². The normalized spacial score (nSPS) is 10.1. The quantitative estimate of drug-likeness (QED) is 0.595. The van der Waals surface area contributed by atoms with Crippen LogP contribution in [0.2, 0.25) is 0 Å². The molecule has 0 aliphatic rings. The highest BCUT2D eigenvalue weighted by Gasteiger charge is 2.16. The Morgan fingerprint density at radius 2 is 2.22 bits per heavy atom. The van der Waals surface area contributed by atoms with Crippen molar-refractivity contribution in [1.82, 2.24) is 0 Å². The maximum atomic E-state index is 10.9. The number of ether oxygens (including phenoxy) is 1. The van der Waals surface area contributed by atoms with E-state index in [9.17, 15) is 14.9 Å². The molecule has 0 atom stereocenters. The first-order chi connectivity index (χ1) is 8.54. The SMILES string of the molecule is CCCOc1ccc(CCC(=O)O)cc1[N+](=O)[O-]. The van der Waals surface area contributed by atoms with Gasteiger partial charge in [0, 0.05) is 12.5 Å². The van der Waals surface area contributed by atoms with E-state index in [0.717, 1.165) is 6.42 Å². The average Bonchev–Trinajstić information content (AvgIpc) is 2.34. The Balaban J connectivity index is 2.88. The van der Waals surface area contributed by atoms with Crippen LogP contribution in [0.25, 0.3) is 0 Å². The fourth-order valence-electron chi connectivity index (χ4n) is 1.45. The average molecular weight is 253 g/mol. The lowest BCUT2D eigenvalue weighted by molar-refractivity contribution is -0.385. The van der Waals surface area contributed by atoms with Crippen molar-refractivity contribution in [1.29, 1.82) is 0 Å². The van der Waals surface area contributed by atoms with Crippen LogP contribution < -0.4 is 4.74 Å². The molecule has 6 heteroatoms. The number of carboxylic acids is 1. The molecule has 0 bridgehead atoms.